The molecule has 1 heterocycles. The fraction of sp³-hybridized carbons (Fsp3) is 0.385. The Morgan fingerprint density at radius 3 is 2.57 bits per heavy atom. The van der Waals surface area contributed by atoms with Crippen LogP contribution in [0, 0.1) is 6.92 Å². The molecule has 1 aliphatic heterocycles. The van der Waals surface area contributed by atoms with Crippen molar-refractivity contribution in [2.45, 2.75) is 18.2 Å². The fourth-order valence-corrected chi connectivity index (χ4v) is 2.90. The molecule has 2 N–H and O–H groups in total. The molecule has 3 amide bonds. The SMILES string of the molecule is Cc1ccc(S(=O)(=O)NC(=O)N2CCNC(=O)CC2)cc1. The molecule has 1 aromatic rings. The van der Waals surface area contributed by atoms with Crippen molar-refractivity contribution in [3.05, 3.63) is 29.8 Å². The first-order valence-corrected chi connectivity index (χ1v) is 8.02. The third kappa shape index (κ3) is 3.94. The molecular formula is C13H17N3O4S. The fourth-order valence-electron chi connectivity index (χ4n) is 1.93. The van der Waals surface area contributed by atoms with Gasteiger partial charge in [-0.3, -0.25) is 4.79 Å². The van der Waals surface area contributed by atoms with E-state index in [0.717, 1.165) is 5.56 Å². The lowest BCUT2D eigenvalue weighted by Crippen LogP contribution is -2.44. The van der Waals surface area contributed by atoms with Crippen LogP contribution in [-0.2, 0) is 14.8 Å². The lowest BCUT2D eigenvalue weighted by atomic mass is 10.2. The average Bonchev–Trinajstić information content (AvgIpc) is 2.63. The Hall–Kier alpha value is -2.09. The average molecular weight is 311 g/mol. The van der Waals surface area contributed by atoms with Crippen molar-refractivity contribution in [2.24, 2.45) is 0 Å². The van der Waals surface area contributed by atoms with Crippen LogP contribution >= 0.6 is 0 Å². The zero-order valence-corrected chi connectivity index (χ0v) is 12.4. The summed E-state index contributed by atoms with van der Waals surface area (Å²) in [6.45, 7) is 2.63. The van der Waals surface area contributed by atoms with Crippen LogP contribution in [0.25, 0.3) is 0 Å². The molecule has 0 radical (unpaired) electrons. The highest BCUT2D eigenvalue weighted by atomic mass is 32.2. The number of sulfonamides is 1. The highest BCUT2D eigenvalue weighted by Gasteiger charge is 2.23. The zero-order valence-electron chi connectivity index (χ0n) is 11.6. The number of benzene rings is 1. The molecule has 0 atom stereocenters. The quantitative estimate of drug-likeness (QED) is 0.816. The number of nitrogens with one attached hydrogen (secondary N) is 2. The van der Waals surface area contributed by atoms with Crippen LogP contribution in [0.5, 0.6) is 0 Å². The summed E-state index contributed by atoms with van der Waals surface area (Å²) in [5.41, 5.74) is 0.928. The maximum absolute atomic E-state index is 12.1. The number of urea groups is 1. The standard InChI is InChI=1S/C13H17N3O4S/c1-10-2-4-11(5-3-10)21(19,20)15-13(18)16-8-6-12(17)14-7-9-16/h2-5H,6-9H2,1H3,(H,14,17)(H,15,18). The van der Waals surface area contributed by atoms with Gasteiger partial charge in [-0.15, -0.1) is 0 Å². The van der Waals surface area contributed by atoms with Crippen molar-refractivity contribution in [2.75, 3.05) is 19.6 Å². The van der Waals surface area contributed by atoms with E-state index in [1.165, 1.54) is 17.0 Å². The first kappa shape index (κ1) is 15.3. The number of amides is 3. The minimum absolute atomic E-state index is 0.0328. The Balaban J connectivity index is 2.07. The normalized spacial score (nSPS) is 16.0. The Bertz CT molecular complexity index is 640. The van der Waals surface area contributed by atoms with Gasteiger partial charge in [0.1, 0.15) is 0 Å². The van der Waals surface area contributed by atoms with Crippen molar-refractivity contribution in [3.63, 3.8) is 0 Å². The van der Waals surface area contributed by atoms with Gasteiger partial charge < -0.3 is 10.2 Å². The van der Waals surface area contributed by atoms with Crippen molar-refractivity contribution >= 4 is 22.0 Å². The van der Waals surface area contributed by atoms with Gasteiger partial charge in [-0.2, -0.15) is 0 Å². The van der Waals surface area contributed by atoms with E-state index in [4.69, 9.17) is 0 Å². The van der Waals surface area contributed by atoms with Crippen LogP contribution in [0.15, 0.2) is 29.2 Å². The van der Waals surface area contributed by atoms with Crippen LogP contribution in [0.1, 0.15) is 12.0 Å². The Labute approximate surface area is 123 Å². The first-order chi connectivity index (χ1) is 9.88. The number of carbonyl (C=O) groups is 2. The number of nitrogens with zero attached hydrogens (tertiary/aromatic N) is 1. The zero-order chi connectivity index (χ0) is 15.5. The predicted octanol–water partition coefficient (Wildman–Crippen LogP) is 0.215. The van der Waals surface area contributed by atoms with E-state index >= 15 is 0 Å². The lowest BCUT2D eigenvalue weighted by molar-refractivity contribution is -0.120. The van der Waals surface area contributed by atoms with E-state index in [9.17, 15) is 18.0 Å². The van der Waals surface area contributed by atoms with Crippen LogP contribution in [-0.4, -0.2) is 44.9 Å². The van der Waals surface area contributed by atoms with E-state index in [1.807, 2.05) is 11.6 Å². The van der Waals surface area contributed by atoms with E-state index in [1.54, 1.807) is 12.1 Å². The number of hydrogen-bond donors (Lipinski definition) is 2. The van der Waals surface area contributed by atoms with Crippen molar-refractivity contribution in [3.8, 4) is 0 Å². The maximum atomic E-state index is 12.1. The number of hydrogen-bond acceptors (Lipinski definition) is 4. The Morgan fingerprint density at radius 2 is 1.90 bits per heavy atom. The van der Waals surface area contributed by atoms with Crippen LogP contribution in [0.3, 0.4) is 0 Å². The van der Waals surface area contributed by atoms with Crippen LogP contribution in [0.2, 0.25) is 0 Å². The molecule has 1 saturated heterocycles. The van der Waals surface area contributed by atoms with Gasteiger partial charge in [0.2, 0.25) is 5.91 Å². The summed E-state index contributed by atoms with van der Waals surface area (Å²) < 4.78 is 26.2. The second kappa shape index (κ2) is 6.13. The van der Waals surface area contributed by atoms with Crippen molar-refractivity contribution < 1.29 is 18.0 Å². The Kier molecular flexibility index (Phi) is 4.46. The first-order valence-electron chi connectivity index (χ1n) is 6.53. The highest BCUT2D eigenvalue weighted by Crippen LogP contribution is 2.10. The monoisotopic (exact) mass is 311 g/mol. The molecule has 0 spiro atoms. The van der Waals surface area contributed by atoms with Crippen LogP contribution < -0.4 is 10.0 Å². The molecule has 1 fully saturated rings. The molecule has 0 bridgehead atoms. The van der Waals surface area contributed by atoms with Gasteiger partial charge in [0.15, 0.2) is 0 Å². The van der Waals surface area contributed by atoms with E-state index in [0.29, 0.717) is 6.54 Å². The van der Waals surface area contributed by atoms with Gasteiger partial charge in [-0.25, -0.2) is 17.9 Å². The number of rotatable bonds is 2. The summed E-state index contributed by atoms with van der Waals surface area (Å²) in [5.74, 6) is -0.147. The summed E-state index contributed by atoms with van der Waals surface area (Å²) in [6.07, 6.45) is 0.165. The lowest BCUT2D eigenvalue weighted by Gasteiger charge is -2.19. The van der Waals surface area contributed by atoms with Gasteiger partial charge >= 0.3 is 6.03 Å². The van der Waals surface area contributed by atoms with E-state index in [2.05, 4.69) is 5.32 Å². The minimum Gasteiger partial charge on any atom is -0.354 e. The molecule has 0 unspecified atom stereocenters. The summed E-state index contributed by atoms with van der Waals surface area (Å²) in [4.78, 5) is 24.6. The van der Waals surface area contributed by atoms with Gasteiger partial charge in [0, 0.05) is 26.1 Å². The summed E-state index contributed by atoms with van der Waals surface area (Å²) in [5, 5.41) is 2.62. The topological polar surface area (TPSA) is 95.6 Å². The molecule has 0 aliphatic carbocycles. The molecule has 0 saturated carbocycles. The minimum atomic E-state index is -3.90. The number of aryl methyl sites for hydroxylation is 1. The van der Waals surface area contributed by atoms with E-state index < -0.39 is 16.1 Å². The Morgan fingerprint density at radius 1 is 1.24 bits per heavy atom. The third-order valence-corrected chi connectivity index (χ3v) is 4.49. The smallest absolute Gasteiger partial charge is 0.331 e. The van der Waals surface area contributed by atoms with Crippen molar-refractivity contribution in [1.82, 2.24) is 14.9 Å². The molecule has 0 aromatic heterocycles. The van der Waals surface area contributed by atoms with Gasteiger partial charge in [0.05, 0.1) is 4.90 Å². The molecular weight excluding hydrogens is 294 g/mol. The maximum Gasteiger partial charge on any atom is 0.331 e. The largest absolute Gasteiger partial charge is 0.354 e. The molecule has 114 valence electrons. The molecule has 2 rings (SSSR count). The molecule has 1 aliphatic rings. The van der Waals surface area contributed by atoms with Gasteiger partial charge in [0.25, 0.3) is 10.0 Å². The molecule has 21 heavy (non-hydrogen) atoms. The van der Waals surface area contributed by atoms with E-state index in [-0.39, 0.29) is 30.3 Å². The highest BCUT2D eigenvalue weighted by molar-refractivity contribution is 7.90. The van der Waals surface area contributed by atoms with Gasteiger partial charge in [-0.1, -0.05) is 17.7 Å². The summed E-state index contributed by atoms with van der Waals surface area (Å²) in [7, 11) is -3.90. The van der Waals surface area contributed by atoms with Crippen molar-refractivity contribution in [1.29, 1.82) is 0 Å². The predicted molar refractivity (Wildman–Crippen MR) is 76.1 cm³/mol. The molecule has 8 heteroatoms. The van der Waals surface area contributed by atoms with Crippen LogP contribution in [0.4, 0.5) is 4.79 Å². The molecule has 7 nitrogen and oxygen atoms in total. The number of carbonyl (C=O) groups excluding carboxylic acids is 2. The van der Waals surface area contributed by atoms with Gasteiger partial charge in [-0.05, 0) is 19.1 Å². The second-order valence-electron chi connectivity index (χ2n) is 4.81. The summed E-state index contributed by atoms with van der Waals surface area (Å²) >= 11 is 0. The summed E-state index contributed by atoms with van der Waals surface area (Å²) in [6, 6.07) is 5.49. The third-order valence-electron chi connectivity index (χ3n) is 3.15. The molecule has 1 aromatic carbocycles. The second-order valence-corrected chi connectivity index (χ2v) is 6.49.